The van der Waals surface area contributed by atoms with Gasteiger partial charge in [0, 0.05) is 22.6 Å². The first-order valence-electron chi connectivity index (χ1n) is 7.55. The first-order chi connectivity index (χ1) is 12.1. The lowest BCUT2D eigenvalue weighted by Crippen LogP contribution is -2.19. The standard InChI is InChI=1S/C17H15ClN4O3/c1-2-25-16(23)14-10-19-22-8-7-13(9-15(14)22)21-17(24)20-12-5-3-11(18)4-6-12/h3-10H,2H2,1H3,(H2,20,21,24). The van der Waals surface area contributed by atoms with Crippen LogP contribution in [0, 0.1) is 0 Å². The SMILES string of the molecule is CCOC(=O)c1cnn2ccc(NC(=O)Nc3ccc(Cl)cc3)cc12. The number of urea groups is 1. The zero-order chi connectivity index (χ0) is 17.8. The Balaban J connectivity index is 1.76. The lowest BCUT2D eigenvalue weighted by molar-refractivity contribution is 0.0528. The molecule has 0 atom stereocenters. The number of carbonyl (C=O) groups is 2. The molecule has 0 fully saturated rings. The number of esters is 1. The third kappa shape index (κ3) is 3.89. The zero-order valence-corrected chi connectivity index (χ0v) is 14.1. The molecule has 2 aromatic heterocycles. The Labute approximate surface area is 148 Å². The van der Waals surface area contributed by atoms with Gasteiger partial charge in [0.05, 0.1) is 18.3 Å². The molecule has 0 saturated heterocycles. The second-order valence-corrected chi connectivity index (χ2v) is 5.55. The Morgan fingerprint density at radius 1 is 1.16 bits per heavy atom. The highest BCUT2D eigenvalue weighted by Gasteiger charge is 2.14. The lowest BCUT2D eigenvalue weighted by Gasteiger charge is -2.08. The summed E-state index contributed by atoms with van der Waals surface area (Å²) in [5.41, 5.74) is 2.01. The molecule has 128 valence electrons. The second kappa shape index (κ2) is 7.23. The smallest absolute Gasteiger partial charge is 0.341 e. The van der Waals surface area contributed by atoms with Gasteiger partial charge in [-0.1, -0.05) is 11.6 Å². The van der Waals surface area contributed by atoms with Crippen LogP contribution < -0.4 is 10.6 Å². The van der Waals surface area contributed by atoms with Gasteiger partial charge < -0.3 is 15.4 Å². The van der Waals surface area contributed by atoms with Gasteiger partial charge in [0.2, 0.25) is 0 Å². The minimum Gasteiger partial charge on any atom is -0.462 e. The molecule has 3 aromatic rings. The summed E-state index contributed by atoms with van der Waals surface area (Å²) in [6.07, 6.45) is 3.08. The molecule has 7 nitrogen and oxygen atoms in total. The van der Waals surface area contributed by atoms with Crippen molar-refractivity contribution in [3.05, 3.63) is 59.4 Å². The van der Waals surface area contributed by atoms with Crippen LogP contribution in [0.3, 0.4) is 0 Å². The molecule has 1 aromatic carbocycles. The summed E-state index contributed by atoms with van der Waals surface area (Å²) in [6, 6.07) is 9.67. The number of benzene rings is 1. The van der Waals surface area contributed by atoms with Crippen molar-refractivity contribution >= 4 is 40.5 Å². The summed E-state index contributed by atoms with van der Waals surface area (Å²) < 4.78 is 6.54. The maximum absolute atomic E-state index is 12.1. The van der Waals surface area contributed by atoms with E-state index in [0.717, 1.165) is 0 Å². The van der Waals surface area contributed by atoms with Gasteiger partial charge in [-0.3, -0.25) is 0 Å². The van der Waals surface area contributed by atoms with E-state index in [0.29, 0.717) is 27.5 Å². The maximum Gasteiger partial charge on any atom is 0.341 e. The van der Waals surface area contributed by atoms with Crippen LogP contribution in [0.2, 0.25) is 5.02 Å². The fourth-order valence-electron chi connectivity index (χ4n) is 2.25. The van der Waals surface area contributed by atoms with Gasteiger partial charge in [-0.15, -0.1) is 0 Å². The van der Waals surface area contributed by atoms with Crippen molar-refractivity contribution in [3.8, 4) is 0 Å². The van der Waals surface area contributed by atoms with Crippen molar-refractivity contribution in [1.82, 2.24) is 9.61 Å². The molecule has 0 unspecified atom stereocenters. The summed E-state index contributed by atoms with van der Waals surface area (Å²) in [7, 11) is 0. The number of nitrogens with zero attached hydrogens (tertiary/aromatic N) is 2. The fourth-order valence-corrected chi connectivity index (χ4v) is 2.38. The van der Waals surface area contributed by atoms with E-state index in [2.05, 4.69) is 15.7 Å². The Kier molecular flexibility index (Phi) is 4.85. The van der Waals surface area contributed by atoms with E-state index in [1.807, 2.05) is 0 Å². The van der Waals surface area contributed by atoms with Crippen molar-refractivity contribution in [2.75, 3.05) is 17.2 Å². The molecule has 25 heavy (non-hydrogen) atoms. The van der Waals surface area contributed by atoms with Crippen LogP contribution in [0.25, 0.3) is 5.52 Å². The molecule has 2 amide bonds. The number of nitrogens with one attached hydrogen (secondary N) is 2. The molecule has 3 rings (SSSR count). The van der Waals surface area contributed by atoms with Crippen LogP contribution in [0.1, 0.15) is 17.3 Å². The highest BCUT2D eigenvalue weighted by Crippen LogP contribution is 2.18. The third-order valence-corrected chi connectivity index (χ3v) is 3.63. The molecule has 2 N–H and O–H groups in total. The van der Waals surface area contributed by atoms with E-state index in [1.165, 1.54) is 10.7 Å². The number of hydrogen-bond acceptors (Lipinski definition) is 4. The molecule has 0 aliphatic rings. The lowest BCUT2D eigenvalue weighted by atomic mass is 10.2. The van der Waals surface area contributed by atoms with Crippen molar-refractivity contribution < 1.29 is 14.3 Å². The van der Waals surface area contributed by atoms with Crippen LogP contribution >= 0.6 is 11.6 Å². The maximum atomic E-state index is 12.1. The first-order valence-corrected chi connectivity index (χ1v) is 7.92. The van der Waals surface area contributed by atoms with Crippen LogP contribution in [-0.4, -0.2) is 28.2 Å². The summed E-state index contributed by atoms with van der Waals surface area (Å²) >= 11 is 5.81. The second-order valence-electron chi connectivity index (χ2n) is 5.11. The predicted octanol–water partition coefficient (Wildman–Crippen LogP) is 3.81. The number of pyridine rings is 1. The average Bonchev–Trinajstić information content (AvgIpc) is 3.00. The highest BCUT2D eigenvalue weighted by atomic mass is 35.5. The number of amides is 2. The predicted molar refractivity (Wildman–Crippen MR) is 95.2 cm³/mol. The van der Waals surface area contributed by atoms with Crippen molar-refractivity contribution in [2.45, 2.75) is 6.92 Å². The summed E-state index contributed by atoms with van der Waals surface area (Å²) in [4.78, 5) is 24.0. The van der Waals surface area contributed by atoms with E-state index >= 15 is 0 Å². The molecular weight excluding hydrogens is 344 g/mol. The molecule has 0 saturated carbocycles. The average molecular weight is 359 g/mol. The Morgan fingerprint density at radius 3 is 2.60 bits per heavy atom. The molecular formula is C17H15ClN4O3. The van der Waals surface area contributed by atoms with Gasteiger partial charge in [0.1, 0.15) is 5.56 Å². The van der Waals surface area contributed by atoms with Gasteiger partial charge in [-0.25, -0.2) is 14.1 Å². The monoisotopic (exact) mass is 358 g/mol. The number of halogens is 1. The van der Waals surface area contributed by atoms with Crippen molar-refractivity contribution in [2.24, 2.45) is 0 Å². The molecule has 0 bridgehead atoms. The quantitative estimate of drug-likeness (QED) is 0.694. The van der Waals surface area contributed by atoms with Crippen molar-refractivity contribution in [1.29, 1.82) is 0 Å². The highest BCUT2D eigenvalue weighted by molar-refractivity contribution is 6.30. The van der Waals surface area contributed by atoms with E-state index in [1.54, 1.807) is 49.5 Å². The van der Waals surface area contributed by atoms with Gasteiger partial charge in [-0.05, 0) is 43.3 Å². The largest absolute Gasteiger partial charge is 0.462 e. The number of fused-ring (bicyclic) bond motifs is 1. The van der Waals surface area contributed by atoms with Gasteiger partial charge in [0.15, 0.2) is 0 Å². The summed E-state index contributed by atoms with van der Waals surface area (Å²) in [5.74, 6) is -0.458. The number of ether oxygens (including phenoxy) is 1. The topological polar surface area (TPSA) is 84.7 Å². The van der Waals surface area contributed by atoms with E-state index < -0.39 is 12.0 Å². The molecule has 0 aliphatic carbocycles. The fraction of sp³-hybridized carbons (Fsp3) is 0.118. The Hall–Kier alpha value is -3.06. The number of rotatable bonds is 4. The minimum absolute atomic E-state index is 0.275. The van der Waals surface area contributed by atoms with Gasteiger partial charge in [0.25, 0.3) is 0 Å². The number of aromatic nitrogens is 2. The third-order valence-electron chi connectivity index (χ3n) is 3.38. The Morgan fingerprint density at radius 2 is 1.88 bits per heavy atom. The van der Waals surface area contributed by atoms with E-state index in [4.69, 9.17) is 16.3 Å². The number of anilines is 2. The molecule has 0 aliphatic heterocycles. The zero-order valence-electron chi connectivity index (χ0n) is 13.3. The van der Waals surface area contributed by atoms with Crippen LogP contribution in [0.5, 0.6) is 0 Å². The number of carbonyl (C=O) groups excluding carboxylic acids is 2. The van der Waals surface area contributed by atoms with Crippen molar-refractivity contribution in [3.63, 3.8) is 0 Å². The van der Waals surface area contributed by atoms with Gasteiger partial charge >= 0.3 is 12.0 Å². The van der Waals surface area contributed by atoms with Gasteiger partial charge in [-0.2, -0.15) is 5.10 Å². The molecule has 2 heterocycles. The van der Waals surface area contributed by atoms with Crippen LogP contribution in [0.4, 0.5) is 16.2 Å². The van der Waals surface area contributed by atoms with E-state index in [9.17, 15) is 9.59 Å². The normalized spacial score (nSPS) is 10.5. The number of hydrogen-bond donors (Lipinski definition) is 2. The van der Waals surface area contributed by atoms with Crippen LogP contribution in [0.15, 0.2) is 48.8 Å². The van der Waals surface area contributed by atoms with E-state index in [-0.39, 0.29) is 6.61 Å². The Bertz CT molecular complexity index is 921. The molecule has 0 spiro atoms. The first kappa shape index (κ1) is 16.8. The minimum atomic E-state index is -0.458. The van der Waals surface area contributed by atoms with Crippen LogP contribution in [-0.2, 0) is 4.74 Å². The molecule has 0 radical (unpaired) electrons. The summed E-state index contributed by atoms with van der Waals surface area (Å²) in [6.45, 7) is 2.01. The molecule has 8 heteroatoms. The summed E-state index contributed by atoms with van der Waals surface area (Å²) in [5, 5.41) is 10.1.